The molecule has 39 heteroatoms. The average molecular weight is 1140 g/mol. The number of thioether (sulfide) groups is 1. The van der Waals surface area contributed by atoms with Gasteiger partial charge in [0.05, 0.1) is 56.6 Å². The van der Waals surface area contributed by atoms with Crippen molar-refractivity contribution in [2.75, 3.05) is 58.4 Å². The second-order valence-corrected chi connectivity index (χ2v) is 22.9. The Labute approximate surface area is 424 Å². The third kappa shape index (κ3) is 12.1. The zero-order chi connectivity index (χ0) is 54.5. The standard InChI is InChI=1S/C36H50N13O22P3S/c1-45(2)20(51)7-15-16(67-32(23(15)52)49-13-46(3)22-30(49)43-35(38)44-31(22)55)9-65-72(57,58)70-74(61,62)71-73(59,60)66-10-18-27(26(63-4)34(69-18)48-12-41-21-28(37)39-11-40-29(21)48)75-14-64-8-17-24(53)25(54)33(68-17)47-6-5-19(50)42-36(47)56/h5-6,11-13,15-18,23-27,32-34,52-54H,7-10,14H2,1-4H3,(H8-,37,38,39,40,42,43,44,50,55,56,57,58,59,60,61,62)/p+1/t15-,16-,17-,18-,23-,24-,25-,26-,27-,32?,33-,34-/m1/s1. The van der Waals surface area contributed by atoms with E-state index in [9.17, 15) is 62.9 Å². The van der Waals surface area contributed by atoms with Crippen LogP contribution in [0.2, 0.25) is 0 Å². The van der Waals surface area contributed by atoms with Crippen molar-refractivity contribution < 1.29 is 94.4 Å². The van der Waals surface area contributed by atoms with Crippen LogP contribution in [-0.2, 0) is 66.9 Å². The molecule has 5 aromatic heterocycles. The lowest BCUT2D eigenvalue weighted by atomic mass is 9.94. The first-order chi connectivity index (χ1) is 35.3. The van der Waals surface area contributed by atoms with Gasteiger partial charge in [0.1, 0.15) is 42.4 Å². The molecule has 15 atom stereocenters. The van der Waals surface area contributed by atoms with Crippen LogP contribution in [0, 0.1) is 5.92 Å². The Morgan fingerprint density at radius 2 is 1.56 bits per heavy atom. The molecule has 8 rings (SSSR count). The number of aromatic amines is 2. The fraction of sp³-hybridized carbons (Fsp3) is 0.583. The summed E-state index contributed by atoms with van der Waals surface area (Å²) < 4.78 is 92.6. The van der Waals surface area contributed by atoms with E-state index in [-0.39, 0.29) is 46.6 Å². The Hall–Kier alpha value is -4.91. The van der Waals surface area contributed by atoms with E-state index in [0.717, 1.165) is 34.9 Å². The lowest BCUT2D eigenvalue weighted by Crippen LogP contribution is -2.45. The Morgan fingerprint density at radius 3 is 2.23 bits per heavy atom. The normalized spacial score (nSPS) is 29.4. The molecule has 0 radical (unpaired) electrons. The number of carbonyl (C=O) groups is 1. The van der Waals surface area contributed by atoms with Gasteiger partial charge in [0.2, 0.25) is 17.7 Å². The summed E-state index contributed by atoms with van der Waals surface area (Å²) in [6.45, 7) is -2.30. The van der Waals surface area contributed by atoms with Gasteiger partial charge >= 0.3 is 34.8 Å². The molecule has 0 bridgehead atoms. The number of rotatable bonds is 21. The number of nitrogens with one attached hydrogen (secondary N) is 2. The fourth-order valence-corrected chi connectivity index (χ4v) is 13.2. The first kappa shape index (κ1) is 56.3. The number of methoxy groups -OCH3 is 1. The molecular formula is C36H51N13O22P3S+. The second kappa shape index (κ2) is 22.2. The zero-order valence-corrected chi connectivity index (χ0v) is 43.0. The number of aryl methyl sites for hydroxylation is 1. The molecule has 8 heterocycles. The number of nitrogen functional groups attached to an aromatic ring is 2. The summed E-state index contributed by atoms with van der Waals surface area (Å²) in [6, 6.07) is 1.02. The highest BCUT2D eigenvalue weighted by Gasteiger charge is 2.52. The van der Waals surface area contributed by atoms with Crippen LogP contribution in [0.25, 0.3) is 22.3 Å². The number of nitrogens with zero attached hydrogens (tertiary/aromatic N) is 9. The number of anilines is 2. The van der Waals surface area contributed by atoms with Crippen LogP contribution in [-0.4, -0.2) is 179 Å². The Kier molecular flexibility index (Phi) is 16.7. The number of H-pyrrole nitrogens is 2. The van der Waals surface area contributed by atoms with E-state index in [1.807, 2.05) is 4.98 Å². The maximum absolute atomic E-state index is 13.3. The number of ether oxygens (including phenoxy) is 5. The largest absolute Gasteiger partial charge is 0.490 e. The Balaban J connectivity index is 0.925. The lowest BCUT2D eigenvalue weighted by Gasteiger charge is -2.24. The highest BCUT2D eigenvalue weighted by Crippen LogP contribution is 2.68. The summed E-state index contributed by atoms with van der Waals surface area (Å²) >= 11 is 0.978. The number of amides is 1. The van der Waals surface area contributed by atoms with Gasteiger partial charge < -0.3 is 70.1 Å². The Bertz CT molecular complexity index is 3250. The van der Waals surface area contributed by atoms with Crippen molar-refractivity contribution in [2.45, 2.75) is 73.1 Å². The van der Waals surface area contributed by atoms with Crippen LogP contribution in [0.1, 0.15) is 25.1 Å². The van der Waals surface area contributed by atoms with Gasteiger partial charge in [-0.2, -0.15) is 8.62 Å². The van der Waals surface area contributed by atoms with Gasteiger partial charge in [0.25, 0.3) is 17.1 Å². The fourth-order valence-electron chi connectivity index (χ4n) is 8.52. The number of imidazole rings is 2. The molecule has 3 aliphatic heterocycles. The molecule has 1 amide bonds. The predicted molar refractivity (Wildman–Crippen MR) is 250 cm³/mol. The van der Waals surface area contributed by atoms with Gasteiger partial charge in [-0.05, 0) is 0 Å². The highest BCUT2D eigenvalue weighted by atomic mass is 32.2. The van der Waals surface area contributed by atoms with Gasteiger partial charge in [-0.3, -0.25) is 47.1 Å². The first-order valence-electron chi connectivity index (χ1n) is 21.9. The number of hydrogen-bond acceptors (Lipinski definition) is 26. The van der Waals surface area contributed by atoms with E-state index in [2.05, 4.69) is 33.5 Å². The SMILES string of the molecule is CO[C@@H]1[C@H](SCOC[C@H]2O[C@@H](n3ccc(=O)[nH]c3=O)[C@H](O)[C@@H]2O)[C@@H](COP(=O)(O)OP(=O)(O)OP(=O)(O)OC[C@H]2OC([n+]3cn(C)c4c(=O)[nH]c(N)nc43)[C@H](O)[C@@H]2CC(=O)N(C)C)O[C@H]1n1cnc2c(N)ncnc21. The molecule has 0 saturated carbocycles. The molecule has 0 aliphatic carbocycles. The van der Waals surface area contributed by atoms with Gasteiger partial charge in [-0.15, -0.1) is 11.8 Å². The Morgan fingerprint density at radius 1 is 0.880 bits per heavy atom. The third-order valence-electron chi connectivity index (χ3n) is 12.0. The molecule has 3 aliphatic rings. The number of fused-ring (bicyclic) bond motifs is 2. The van der Waals surface area contributed by atoms with E-state index >= 15 is 0 Å². The lowest BCUT2D eigenvalue weighted by molar-refractivity contribution is -0.745. The van der Waals surface area contributed by atoms with E-state index in [4.69, 9.17) is 44.2 Å². The second-order valence-electron chi connectivity index (χ2n) is 17.2. The topological polar surface area (TPSA) is 481 Å². The van der Waals surface area contributed by atoms with E-state index < -0.39 is 138 Å². The summed E-state index contributed by atoms with van der Waals surface area (Å²) in [5.74, 6) is -2.23. The van der Waals surface area contributed by atoms with Crippen LogP contribution in [0.3, 0.4) is 0 Å². The molecule has 412 valence electrons. The van der Waals surface area contributed by atoms with Gasteiger partial charge in [-0.25, -0.2) is 38.0 Å². The van der Waals surface area contributed by atoms with Crippen molar-refractivity contribution in [1.82, 2.24) is 48.5 Å². The summed E-state index contributed by atoms with van der Waals surface area (Å²) in [5, 5.41) is 31.9. The predicted octanol–water partition coefficient (Wildman–Crippen LogP) is -3.57. The van der Waals surface area contributed by atoms with Crippen molar-refractivity contribution in [2.24, 2.45) is 13.0 Å². The van der Waals surface area contributed by atoms with Crippen LogP contribution in [0.4, 0.5) is 11.8 Å². The maximum atomic E-state index is 13.3. The molecule has 12 N–H and O–H groups in total. The van der Waals surface area contributed by atoms with Crippen molar-refractivity contribution in [3.63, 3.8) is 0 Å². The van der Waals surface area contributed by atoms with Crippen LogP contribution >= 0.6 is 35.2 Å². The summed E-state index contributed by atoms with van der Waals surface area (Å²) in [5.41, 5.74) is 9.83. The molecule has 4 unspecified atom stereocenters. The van der Waals surface area contributed by atoms with E-state index in [1.165, 1.54) is 59.5 Å². The number of aromatic nitrogens is 10. The van der Waals surface area contributed by atoms with E-state index in [0.29, 0.717) is 0 Å². The van der Waals surface area contributed by atoms with Crippen molar-refractivity contribution in [1.29, 1.82) is 0 Å². The number of aliphatic hydroxyl groups excluding tert-OH is 3. The monoisotopic (exact) mass is 1140 g/mol. The molecule has 0 aromatic carbocycles. The zero-order valence-electron chi connectivity index (χ0n) is 39.5. The van der Waals surface area contributed by atoms with Crippen molar-refractivity contribution >= 4 is 75.2 Å². The maximum Gasteiger partial charge on any atom is 0.490 e. The first-order valence-corrected chi connectivity index (χ1v) is 27.5. The molecule has 35 nitrogen and oxygen atoms in total. The smallest absolute Gasteiger partial charge is 0.387 e. The summed E-state index contributed by atoms with van der Waals surface area (Å²) in [7, 11) is -12.0. The quantitative estimate of drug-likeness (QED) is 0.0147. The number of carbonyl (C=O) groups excluding carboxylic acids is 1. The minimum atomic E-state index is -6.10. The minimum Gasteiger partial charge on any atom is -0.387 e. The van der Waals surface area contributed by atoms with Crippen LogP contribution in [0.5, 0.6) is 0 Å². The number of nitrogens with two attached hydrogens (primary N) is 2. The number of phosphoric ester groups is 2. The van der Waals surface area contributed by atoms with Crippen molar-refractivity contribution in [3.05, 3.63) is 62.4 Å². The summed E-state index contributed by atoms with van der Waals surface area (Å²) in [6.07, 6.45) is -9.16. The van der Waals surface area contributed by atoms with Gasteiger partial charge in [-0.1, -0.05) is 4.98 Å². The molecule has 0 spiro atoms. The van der Waals surface area contributed by atoms with Crippen LogP contribution in [0.15, 0.2) is 45.6 Å². The average Bonchev–Trinajstić information content (AvgIpc) is 4.12. The van der Waals surface area contributed by atoms with Gasteiger partial charge in [0, 0.05) is 45.8 Å². The minimum absolute atomic E-state index is 0.0170. The molecule has 3 saturated heterocycles. The molecule has 3 fully saturated rings. The summed E-state index contributed by atoms with van der Waals surface area (Å²) in [4.78, 5) is 103. The van der Waals surface area contributed by atoms with Crippen LogP contribution < -0.4 is 32.8 Å². The van der Waals surface area contributed by atoms with Gasteiger partial charge in [0.15, 0.2) is 30.2 Å². The number of aliphatic hydroxyl groups is 3. The molecule has 75 heavy (non-hydrogen) atoms. The number of phosphoric acid groups is 3. The molecule has 5 aromatic rings. The number of hydrogen-bond donors (Lipinski definition) is 10. The van der Waals surface area contributed by atoms with E-state index in [1.54, 1.807) is 0 Å². The highest BCUT2D eigenvalue weighted by molar-refractivity contribution is 7.99. The third-order valence-corrected chi connectivity index (χ3v) is 17.5. The van der Waals surface area contributed by atoms with Crippen molar-refractivity contribution in [3.8, 4) is 0 Å². The molecular weight excluding hydrogens is 1090 g/mol.